The van der Waals surface area contributed by atoms with Crippen molar-refractivity contribution >= 4 is 34.4 Å². The Morgan fingerprint density at radius 2 is 1.73 bits per heavy atom. The molecule has 0 saturated heterocycles. The molecule has 1 aromatic rings. The Hall–Kier alpha value is -1.89. The molecular formula is C31H45IN2O7. The van der Waals surface area contributed by atoms with Gasteiger partial charge in [-0.05, 0) is 78.0 Å². The van der Waals surface area contributed by atoms with Gasteiger partial charge in [-0.25, -0.2) is 0 Å². The highest BCUT2D eigenvalue weighted by molar-refractivity contribution is 14.1. The second-order valence-electron chi connectivity index (χ2n) is 11.6. The van der Waals surface area contributed by atoms with Crippen LogP contribution in [0.25, 0.3) is 0 Å². The van der Waals surface area contributed by atoms with Crippen molar-refractivity contribution in [2.45, 2.75) is 108 Å². The maximum atomic E-state index is 14.1. The van der Waals surface area contributed by atoms with Gasteiger partial charge in [0, 0.05) is 31.0 Å². The van der Waals surface area contributed by atoms with E-state index in [9.17, 15) is 24.9 Å². The number of nitrogens with zero attached hydrogens (tertiary/aromatic N) is 1. The van der Waals surface area contributed by atoms with Crippen LogP contribution in [-0.2, 0) is 16.2 Å². The van der Waals surface area contributed by atoms with E-state index in [0.29, 0.717) is 38.5 Å². The van der Waals surface area contributed by atoms with Crippen LogP contribution in [0.2, 0.25) is 0 Å². The normalized spacial score (nSPS) is 23.9. The molecule has 0 unspecified atom stereocenters. The zero-order valence-electron chi connectivity index (χ0n) is 24.0. The first-order chi connectivity index (χ1) is 19.9. The third-order valence-electron chi connectivity index (χ3n) is 8.74. The standard InChI is InChI=1S/C31H45IN2O7/c1-40-27-15-21(19-36)14-24(32)30(27)41-26-18-22(31(39)33-12-13-35)17-25(29(26)38)34(23-10-4-2-3-5-11-23)28(37)16-20-8-6-7-9-20/h14-15,18,20,23,25-26,29,35-36,38H,2-13,16-17,19H2,1H3,(H,33,39)/t25-,26+,29+/m1/s1. The van der Waals surface area contributed by atoms with E-state index in [1.165, 1.54) is 7.11 Å². The maximum absolute atomic E-state index is 14.1. The molecule has 2 saturated carbocycles. The summed E-state index contributed by atoms with van der Waals surface area (Å²) in [6.07, 6.45) is 10.8. The quantitative estimate of drug-likeness (QED) is 0.206. The summed E-state index contributed by atoms with van der Waals surface area (Å²) in [6, 6.07) is 2.85. The Morgan fingerprint density at radius 1 is 1.05 bits per heavy atom. The van der Waals surface area contributed by atoms with E-state index in [1.807, 2.05) is 4.90 Å². The van der Waals surface area contributed by atoms with Gasteiger partial charge in [-0.1, -0.05) is 38.5 Å². The third-order valence-corrected chi connectivity index (χ3v) is 9.54. The Morgan fingerprint density at radius 3 is 2.37 bits per heavy atom. The van der Waals surface area contributed by atoms with Crippen LogP contribution in [0.5, 0.6) is 11.5 Å². The number of halogens is 1. The molecule has 0 aliphatic heterocycles. The highest BCUT2D eigenvalue weighted by Crippen LogP contribution is 2.39. The van der Waals surface area contributed by atoms with E-state index >= 15 is 0 Å². The summed E-state index contributed by atoms with van der Waals surface area (Å²) in [5, 5.41) is 33.6. The van der Waals surface area contributed by atoms with E-state index in [0.717, 1.165) is 64.2 Å². The fourth-order valence-corrected chi connectivity index (χ4v) is 7.42. The molecule has 4 N–H and O–H groups in total. The molecule has 4 rings (SSSR count). The number of hydrogen-bond donors (Lipinski definition) is 4. The molecule has 3 aliphatic carbocycles. The number of aliphatic hydroxyl groups is 3. The van der Waals surface area contributed by atoms with Crippen molar-refractivity contribution in [2.24, 2.45) is 5.92 Å². The van der Waals surface area contributed by atoms with Gasteiger partial charge in [0.15, 0.2) is 11.5 Å². The molecule has 3 atom stereocenters. The monoisotopic (exact) mass is 684 g/mol. The molecule has 2 fully saturated rings. The smallest absolute Gasteiger partial charge is 0.247 e. The number of amides is 2. The Labute approximate surface area is 256 Å². The van der Waals surface area contributed by atoms with E-state index in [4.69, 9.17) is 9.47 Å². The van der Waals surface area contributed by atoms with Gasteiger partial charge in [-0.15, -0.1) is 0 Å². The maximum Gasteiger partial charge on any atom is 0.247 e. The Balaban J connectivity index is 1.70. The minimum Gasteiger partial charge on any atom is -0.493 e. The lowest BCUT2D eigenvalue weighted by atomic mass is 9.86. The molecule has 0 aromatic heterocycles. The fraction of sp³-hybridized carbons (Fsp3) is 0.677. The number of aliphatic hydroxyl groups excluding tert-OH is 3. The van der Waals surface area contributed by atoms with E-state index in [2.05, 4.69) is 27.9 Å². The Bertz CT molecular complexity index is 1070. The molecule has 41 heavy (non-hydrogen) atoms. The van der Waals surface area contributed by atoms with Crippen LogP contribution in [0.15, 0.2) is 23.8 Å². The summed E-state index contributed by atoms with van der Waals surface area (Å²) in [7, 11) is 1.51. The first kappa shape index (κ1) is 32.0. The zero-order chi connectivity index (χ0) is 29.4. The molecular weight excluding hydrogens is 639 g/mol. The predicted molar refractivity (Wildman–Crippen MR) is 164 cm³/mol. The van der Waals surface area contributed by atoms with Gasteiger partial charge in [0.25, 0.3) is 0 Å². The van der Waals surface area contributed by atoms with Crippen LogP contribution in [0, 0.1) is 9.49 Å². The highest BCUT2D eigenvalue weighted by atomic mass is 127. The number of carbonyl (C=O) groups excluding carboxylic acids is 2. The predicted octanol–water partition coefficient (Wildman–Crippen LogP) is 3.84. The van der Waals surface area contributed by atoms with E-state index < -0.39 is 18.2 Å². The Kier molecular flexibility index (Phi) is 12.1. The molecule has 0 radical (unpaired) electrons. The molecule has 0 heterocycles. The summed E-state index contributed by atoms with van der Waals surface area (Å²) >= 11 is 2.10. The van der Waals surface area contributed by atoms with Crippen molar-refractivity contribution in [3.05, 3.63) is 32.9 Å². The minimum absolute atomic E-state index is 0.00469. The third kappa shape index (κ3) is 8.14. The second kappa shape index (κ2) is 15.5. The molecule has 1 aromatic carbocycles. The van der Waals surface area contributed by atoms with Crippen molar-refractivity contribution in [1.29, 1.82) is 0 Å². The van der Waals surface area contributed by atoms with Gasteiger partial charge >= 0.3 is 0 Å². The van der Waals surface area contributed by atoms with E-state index in [1.54, 1.807) is 18.2 Å². The van der Waals surface area contributed by atoms with Gasteiger partial charge in [0.2, 0.25) is 11.8 Å². The minimum atomic E-state index is -1.07. The first-order valence-corrected chi connectivity index (χ1v) is 16.2. The van der Waals surface area contributed by atoms with Crippen molar-refractivity contribution < 1.29 is 34.4 Å². The SMILES string of the molecule is COc1cc(CO)cc(I)c1O[C@H]1C=C(C(=O)NCCO)C[C@@H](N(C(=O)CC2CCCC2)C2CCCCCC2)[C@@H]1O. The van der Waals surface area contributed by atoms with Gasteiger partial charge in [0.1, 0.15) is 12.2 Å². The van der Waals surface area contributed by atoms with Gasteiger partial charge < -0.3 is 35.0 Å². The van der Waals surface area contributed by atoms with Crippen LogP contribution < -0.4 is 14.8 Å². The zero-order valence-corrected chi connectivity index (χ0v) is 26.2. The van der Waals surface area contributed by atoms with Crippen molar-refractivity contribution in [3.63, 3.8) is 0 Å². The number of benzene rings is 1. The van der Waals surface area contributed by atoms with E-state index in [-0.39, 0.29) is 44.0 Å². The number of methoxy groups -OCH3 is 1. The van der Waals surface area contributed by atoms with Crippen LogP contribution in [0.4, 0.5) is 0 Å². The van der Waals surface area contributed by atoms with Crippen LogP contribution in [0.3, 0.4) is 0 Å². The second-order valence-corrected chi connectivity index (χ2v) is 12.7. The number of carbonyl (C=O) groups is 2. The number of ether oxygens (including phenoxy) is 2. The number of hydrogen-bond acceptors (Lipinski definition) is 7. The van der Waals surface area contributed by atoms with Gasteiger partial charge in [0.05, 0.1) is 29.9 Å². The number of nitrogens with one attached hydrogen (secondary N) is 1. The lowest BCUT2D eigenvalue weighted by Gasteiger charge is -2.44. The van der Waals surface area contributed by atoms with Crippen LogP contribution in [0.1, 0.15) is 82.6 Å². The molecule has 2 amide bonds. The lowest BCUT2D eigenvalue weighted by Crippen LogP contribution is -2.58. The molecule has 228 valence electrons. The first-order valence-electron chi connectivity index (χ1n) is 15.1. The van der Waals surface area contributed by atoms with Crippen molar-refractivity contribution in [2.75, 3.05) is 20.3 Å². The fourth-order valence-electron chi connectivity index (χ4n) is 6.63. The topological polar surface area (TPSA) is 129 Å². The van der Waals surface area contributed by atoms with Crippen LogP contribution >= 0.6 is 22.6 Å². The summed E-state index contributed by atoms with van der Waals surface area (Å²) in [4.78, 5) is 29.2. The largest absolute Gasteiger partial charge is 0.493 e. The average Bonchev–Trinajstić information content (AvgIpc) is 3.34. The van der Waals surface area contributed by atoms with Crippen molar-refractivity contribution in [1.82, 2.24) is 10.2 Å². The number of rotatable bonds is 11. The molecule has 10 heteroatoms. The molecule has 0 bridgehead atoms. The van der Waals surface area contributed by atoms with Gasteiger partial charge in [-0.3, -0.25) is 9.59 Å². The summed E-state index contributed by atoms with van der Waals surface area (Å²) < 4.78 is 12.6. The molecule has 3 aliphatic rings. The summed E-state index contributed by atoms with van der Waals surface area (Å²) in [5.74, 6) is 0.892. The molecule has 9 nitrogen and oxygen atoms in total. The molecule has 0 spiro atoms. The van der Waals surface area contributed by atoms with Gasteiger partial charge in [-0.2, -0.15) is 0 Å². The lowest BCUT2D eigenvalue weighted by molar-refractivity contribution is -0.143. The summed E-state index contributed by atoms with van der Waals surface area (Å²) in [5.41, 5.74) is 1.09. The highest BCUT2D eigenvalue weighted by Gasteiger charge is 2.43. The van der Waals surface area contributed by atoms with Crippen LogP contribution in [-0.4, -0.2) is 76.6 Å². The van der Waals surface area contributed by atoms with Crippen molar-refractivity contribution in [3.8, 4) is 11.5 Å². The average molecular weight is 685 g/mol. The summed E-state index contributed by atoms with van der Waals surface area (Å²) in [6.45, 7) is -0.239.